The third kappa shape index (κ3) is 6.14. The molecule has 142 valence electrons. The van der Waals surface area contributed by atoms with Gasteiger partial charge in [0.15, 0.2) is 13.2 Å². The Labute approximate surface area is 157 Å². The van der Waals surface area contributed by atoms with Crippen molar-refractivity contribution >= 4 is 23.5 Å². The minimum absolute atomic E-state index is 0.298. The number of benzene rings is 2. The molecular weight excluding hydrogens is 350 g/mol. The van der Waals surface area contributed by atoms with Crippen LogP contribution in [0.25, 0.3) is 0 Å². The Morgan fingerprint density at radius 2 is 1.78 bits per heavy atom. The van der Waals surface area contributed by atoms with E-state index in [1.165, 1.54) is 13.2 Å². The number of carbonyl (C=O) groups is 3. The zero-order chi connectivity index (χ0) is 19.8. The largest absolute Gasteiger partial charge is 0.482 e. The van der Waals surface area contributed by atoms with E-state index in [4.69, 9.17) is 9.47 Å². The van der Waals surface area contributed by atoms with Crippen LogP contribution in [0.5, 0.6) is 5.75 Å². The highest BCUT2D eigenvalue weighted by Crippen LogP contribution is 2.17. The third-order valence-corrected chi connectivity index (χ3v) is 3.64. The summed E-state index contributed by atoms with van der Waals surface area (Å²) in [4.78, 5) is 35.3. The van der Waals surface area contributed by atoms with E-state index in [1.807, 2.05) is 19.1 Å². The SMILES string of the molecule is COC(=O)c1ccc(C)c(NC(=O)COC(=O)COc2cccc(C)c2)c1. The standard InChI is InChI=1S/C20H21NO6/c1-13-5-4-6-16(9-13)26-12-19(23)27-11-18(22)21-17-10-15(20(24)25-3)8-7-14(17)2/h4-10H,11-12H2,1-3H3,(H,21,22). The fraction of sp³-hybridized carbons (Fsp3) is 0.250. The maximum atomic E-state index is 12.0. The molecule has 7 nitrogen and oxygen atoms in total. The molecule has 2 rings (SSSR count). The highest BCUT2D eigenvalue weighted by atomic mass is 16.6. The minimum Gasteiger partial charge on any atom is -0.482 e. The Bertz CT molecular complexity index is 846. The molecule has 0 unspecified atom stereocenters. The zero-order valence-electron chi connectivity index (χ0n) is 15.4. The smallest absolute Gasteiger partial charge is 0.344 e. The average molecular weight is 371 g/mol. The molecule has 0 bridgehead atoms. The molecule has 0 fully saturated rings. The van der Waals surface area contributed by atoms with Crippen molar-refractivity contribution in [3.8, 4) is 5.75 Å². The highest BCUT2D eigenvalue weighted by Gasteiger charge is 2.12. The number of ether oxygens (including phenoxy) is 3. The van der Waals surface area contributed by atoms with Gasteiger partial charge in [-0.2, -0.15) is 0 Å². The van der Waals surface area contributed by atoms with Crippen LogP contribution in [0.4, 0.5) is 5.69 Å². The van der Waals surface area contributed by atoms with E-state index in [0.29, 0.717) is 17.0 Å². The van der Waals surface area contributed by atoms with Crippen molar-refractivity contribution in [3.63, 3.8) is 0 Å². The van der Waals surface area contributed by atoms with Gasteiger partial charge in [-0.15, -0.1) is 0 Å². The highest BCUT2D eigenvalue weighted by molar-refractivity contribution is 5.96. The summed E-state index contributed by atoms with van der Waals surface area (Å²) in [6.07, 6.45) is 0. The predicted octanol–water partition coefficient (Wildman–Crippen LogP) is 2.65. The van der Waals surface area contributed by atoms with Crippen molar-refractivity contribution in [1.82, 2.24) is 0 Å². The van der Waals surface area contributed by atoms with E-state index in [2.05, 4.69) is 10.1 Å². The van der Waals surface area contributed by atoms with Crippen LogP contribution in [0.3, 0.4) is 0 Å². The second-order valence-electron chi connectivity index (χ2n) is 5.84. The molecule has 7 heteroatoms. The van der Waals surface area contributed by atoms with E-state index in [1.54, 1.807) is 31.2 Å². The molecule has 0 radical (unpaired) electrons. The van der Waals surface area contributed by atoms with Crippen LogP contribution in [0.2, 0.25) is 0 Å². The van der Waals surface area contributed by atoms with Crippen LogP contribution >= 0.6 is 0 Å². The summed E-state index contributed by atoms with van der Waals surface area (Å²) in [6, 6.07) is 12.0. The first kappa shape index (κ1) is 20.0. The zero-order valence-corrected chi connectivity index (χ0v) is 15.4. The van der Waals surface area contributed by atoms with Gasteiger partial charge in [0.2, 0.25) is 0 Å². The Kier molecular flexibility index (Phi) is 6.93. The summed E-state index contributed by atoms with van der Waals surface area (Å²) in [7, 11) is 1.28. The third-order valence-electron chi connectivity index (χ3n) is 3.64. The normalized spacial score (nSPS) is 10.0. The van der Waals surface area contributed by atoms with Crippen molar-refractivity contribution in [2.75, 3.05) is 25.6 Å². The topological polar surface area (TPSA) is 90.9 Å². The fourth-order valence-electron chi connectivity index (χ4n) is 2.22. The van der Waals surface area contributed by atoms with Crippen LogP contribution in [0.15, 0.2) is 42.5 Å². The molecule has 1 N–H and O–H groups in total. The molecule has 0 aliphatic rings. The first-order chi connectivity index (χ1) is 12.9. The number of anilines is 1. The molecule has 0 saturated carbocycles. The molecule has 27 heavy (non-hydrogen) atoms. The monoisotopic (exact) mass is 371 g/mol. The lowest BCUT2D eigenvalue weighted by Crippen LogP contribution is -2.24. The van der Waals surface area contributed by atoms with Crippen molar-refractivity contribution in [3.05, 3.63) is 59.2 Å². The Hall–Kier alpha value is -3.35. The number of nitrogens with one attached hydrogen (secondary N) is 1. The summed E-state index contributed by atoms with van der Waals surface area (Å²) < 4.78 is 14.9. The van der Waals surface area contributed by atoms with Gasteiger partial charge in [-0.3, -0.25) is 4.79 Å². The molecule has 0 aromatic heterocycles. The molecule has 1 amide bonds. The number of hydrogen-bond donors (Lipinski definition) is 1. The van der Waals surface area contributed by atoms with Crippen LogP contribution < -0.4 is 10.1 Å². The minimum atomic E-state index is -0.660. The first-order valence-corrected chi connectivity index (χ1v) is 8.23. The fourth-order valence-corrected chi connectivity index (χ4v) is 2.22. The van der Waals surface area contributed by atoms with Gasteiger partial charge in [-0.05, 0) is 49.2 Å². The number of methoxy groups -OCH3 is 1. The van der Waals surface area contributed by atoms with Gasteiger partial charge in [0.05, 0.1) is 12.7 Å². The second kappa shape index (κ2) is 9.38. The molecule has 0 saturated heterocycles. The number of rotatable bonds is 7. The van der Waals surface area contributed by atoms with Crippen molar-refractivity contribution in [1.29, 1.82) is 0 Å². The van der Waals surface area contributed by atoms with Crippen LogP contribution in [0.1, 0.15) is 21.5 Å². The molecule has 2 aromatic carbocycles. The summed E-state index contributed by atoms with van der Waals surface area (Å²) in [5.41, 5.74) is 2.51. The lowest BCUT2D eigenvalue weighted by Gasteiger charge is -2.11. The van der Waals surface area contributed by atoms with E-state index < -0.39 is 24.5 Å². The number of hydrogen-bond acceptors (Lipinski definition) is 6. The summed E-state index contributed by atoms with van der Waals surface area (Å²) in [6.45, 7) is 2.93. The Balaban J connectivity index is 1.83. The van der Waals surface area contributed by atoms with Crippen LogP contribution in [-0.4, -0.2) is 38.2 Å². The summed E-state index contributed by atoms with van der Waals surface area (Å²) in [5, 5.41) is 2.60. The molecular formula is C20H21NO6. The van der Waals surface area contributed by atoms with Crippen molar-refractivity contribution in [2.45, 2.75) is 13.8 Å². The van der Waals surface area contributed by atoms with Gasteiger partial charge in [0.1, 0.15) is 5.75 Å². The second-order valence-corrected chi connectivity index (χ2v) is 5.84. The van der Waals surface area contributed by atoms with Gasteiger partial charge in [-0.25, -0.2) is 9.59 Å². The van der Waals surface area contributed by atoms with Crippen LogP contribution in [0, 0.1) is 13.8 Å². The van der Waals surface area contributed by atoms with Crippen molar-refractivity contribution in [2.24, 2.45) is 0 Å². The lowest BCUT2D eigenvalue weighted by atomic mass is 10.1. The molecule has 0 spiro atoms. The summed E-state index contributed by atoms with van der Waals surface area (Å²) >= 11 is 0. The average Bonchev–Trinajstić information content (AvgIpc) is 2.66. The quantitative estimate of drug-likeness (QED) is 0.753. The van der Waals surface area contributed by atoms with Gasteiger partial charge >= 0.3 is 11.9 Å². The van der Waals surface area contributed by atoms with E-state index >= 15 is 0 Å². The predicted molar refractivity (Wildman–Crippen MR) is 98.8 cm³/mol. The maximum absolute atomic E-state index is 12.0. The van der Waals surface area contributed by atoms with Crippen molar-refractivity contribution < 1.29 is 28.6 Å². The first-order valence-electron chi connectivity index (χ1n) is 8.23. The Morgan fingerprint density at radius 3 is 2.48 bits per heavy atom. The van der Waals surface area contributed by atoms with E-state index in [9.17, 15) is 14.4 Å². The number of aryl methyl sites for hydroxylation is 2. The molecule has 2 aromatic rings. The molecule has 0 aliphatic carbocycles. The van der Waals surface area contributed by atoms with E-state index in [0.717, 1.165) is 11.1 Å². The van der Waals surface area contributed by atoms with Gasteiger partial charge in [0, 0.05) is 5.69 Å². The Morgan fingerprint density at radius 1 is 1.00 bits per heavy atom. The van der Waals surface area contributed by atoms with Gasteiger partial charge in [0.25, 0.3) is 5.91 Å². The van der Waals surface area contributed by atoms with Crippen LogP contribution in [-0.2, 0) is 19.1 Å². The number of amides is 1. The molecule has 0 aliphatic heterocycles. The van der Waals surface area contributed by atoms with Gasteiger partial charge in [-0.1, -0.05) is 18.2 Å². The maximum Gasteiger partial charge on any atom is 0.344 e. The lowest BCUT2D eigenvalue weighted by molar-refractivity contribution is -0.149. The number of carbonyl (C=O) groups excluding carboxylic acids is 3. The van der Waals surface area contributed by atoms with E-state index in [-0.39, 0.29) is 6.61 Å². The molecule has 0 atom stereocenters. The molecule has 0 heterocycles. The number of esters is 2. The summed E-state index contributed by atoms with van der Waals surface area (Å²) in [5.74, 6) is -1.15. The van der Waals surface area contributed by atoms with Gasteiger partial charge < -0.3 is 19.5 Å².